The number of aliphatic hydroxyl groups excluding tert-OH is 4. The van der Waals surface area contributed by atoms with Crippen LogP contribution in [0.25, 0.3) is 10.8 Å². The Morgan fingerprint density at radius 3 is 2.59 bits per heavy atom. The van der Waals surface area contributed by atoms with E-state index in [2.05, 4.69) is 0 Å². The summed E-state index contributed by atoms with van der Waals surface area (Å²) in [5.41, 5.74) is 0.522. The molecule has 2 aromatic carbocycles. The van der Waals surface area contributed by atoms with Crippen LogP contribution < -0.4 is 9.47 Å². The maximum atomic E-state index is 12.0. The monoisotopic (exact) mass is 408 g/mol. The molecule has 2 heterocycles. The molecule has 10 nitrogen and oxygen atoms in total. The Kier molecular flexibility index (Phi) is 4.97. The van der Waals surface area contributed by atoms with Crippen LogP contribution in [0.5, 0.6) is 17.2 Å². The number of methoxy groups -OCH3 is 1. The summed E-state index contributed by atoms with van der Waals surface area (Å²) in [6, 6.07) is 4.69. The number of ether oxygens (including phenoxy) is 4. The number of esters is 1. The highest BCUT2D eigenvalue weighted by molar-refractivity contribution is 6.06. The molecule has 2 aliphatic rings. The van der Waals surface area contributed by atoms with Crippen LogP contribution in [-0.2, 0) is 16.1 Å². The molecule has 1 fully saturated rings. The molecule has 1 saturated heterocycles. The minimum atomic E-state index is -1.64. The van der Waals surface area contributed by atoms with E-state index in [-0.39, 0.29) is 29.1 Å². The van der Waals surface area contributed by atoms with Gasteiger partial charge in [-0.2, -0.15) is 0 Å². The third-order valence-electron chi connectivity index (χ3n) is 5.12. The van der Waals surface area contributed by atoms with Gasteiger partial charge in [0.05, 0.1) is 19.1 Å². The second kappa shape index (κ2) is 7.32. The van der Waals surface area contributed by atoms with Gasteiger partial charge in [0.2, 0.25) is 6.29 Å². The minimum Gasteiger partial charge on any atom is -0.506 e. The van der Waals surface area contributed by atoms with Crippen LogP contribution in [-0.4, -0.2) is 75.9 Å². The number of phenols is 1. The van der Waals surface area contributed by atoms with E-state index in [0.717, 1.165) is 0 Å². The topological polar surface area (TPSA) is 155 Å². The number of hydrogen-bond donors (Lipinski definition) is 5. The molecule has 2 aromatic rings. The van der Waals surface area contributed by atoms with E-state index < -0.39 is 43.3 Å². The highest BCUT2D eigenvalue weighted by Gasteiger charge is 2.45. The van der Waals surface area contributed by atoms with Crippen molar-refractivity contribution >= 4 is 16.7 Å². The lowest BCUT2D eigenvalue weighted by Gasteiger charge is -2.39. The number of cyclic esters (lactones) is 1. The first-order chi connectivity index (χ1) is 13.8. The molecule has 0 radical (unpaired) electrons. The number of phenolic OH excluding ortho intramolecular Hbond substituents is 1. The highest BCUT2D eigenvalue weighted by atomic mass is 16.7. The van der Waals surface area contributed by atoms with Crippen LogP contribution in [0.3, 0.4) is 0 Å². The van der Waals surface area contributed by atoms with Gasteiger partial charge in [-0.05, 0) is 17.5 Å². The number of aliphatic hydroxyl groups is 4. The van der Waals surface area contributed by atoms with Gasteiger partial charge in [0.15, 0.2) is 0 Å². The smallest absolute Gasteiger partial charge is 0.342 e. The van der Waals surface area contributed by atoms with Gasteiger partial charge >= 0.3 is 5.97 Å². The molecular formula is C19H20O10. The number of aromatic hydroxyl groups is 1. The van der Waals surface area contributed by atoms with Gasteiger partial charge in [-0.1, -0.05) is 0 Å². The summed E-state index contributed by atoms with van der Waals surface area (Å²) in [7, 11) is 1.43. The van der Waals surface area contributed by atoms with Crippen molar-refractivity contribution in [3.05, 3.63) is 29.3 Å². The lowest BCUT2D eigenvalue weighted by atomic mass is 9.98. The lowest BCUT2D eigenvalue weighted by molar-refractivity contribution is -0.277. The van der Waals surface area contributed by atoms with Gasteiger partial charge in [0, 0.05) is 11.6 Å². The molecule has 0 aromatic heterocycles. The van der Waals surface area contributed by atoms with Crippen LogP contribution in [0.2, 0.25) is 0 Å². The first kappa shape index (κ1) is 19.7. The summed E-state index contributed by atoms with van der Waals surface area (Å²) in [4.78, 5) is 12.0. The molecule has 29 heavy (non-hydrogen) atoms. The Labute approximate surface area is 164 Å². The molecule has 5 unspecified atom stereocenters. The van der Waals surface area contributed by atoms with Crippen molar-refractivity contribution in [2.24, 2.45) is 0 Å². The molecule has 0 amide bonds. The molecule has 5 N–H and O–H groups in total. The van der Waals surface area contributed by atoms with E-state index in [1.165, 1.54) is 13.2 Å². The number of carbonyl (C=O) groups excluding carboxylic acids is 1. The average molecular weight is 408 g/mol. The molecule has 4 rings (SSSR count). The van der Waals surface area contributed by atoms with Crippen molar-refractivity contribution in [2.45, 2.75) is 37.3 Å². The molecule has 156 valence electrons. The fourth-order valence-corrected chi connectivity index (χ4v) is 3.57. The van der Waals surface area contributed by atoms with Crippen molar-refractivity contribution in [3.8, 4) is 17.2 Å². The van der Waals surface area contributed by atoms with Gasteiger partial charge < -0.3 is 44.5 Å². The van der Waals surface area contributed by atoms with Crippen LogP contribution >= 0.6 is 0 Å². The largest absolute Gasteiger partial charge is 0.506 e. The summed E-state index contributed by atoms with van der Waals surface area (Å²) in [6.07, 6.45) is -7.45. The molecule has 10 heteroatoms. The maximum Gasteiger partial charge on any atom is 0.342 e. The first-order valence-corrected chi connectivity index (χ1v) is 8.86. The maximum absolute atomic E-state index is 12.0. The van der Waals surface area contributed by atoms with Crippen molar-refractivity contribution < 1.29 is 49.3 Å². The van der Waals surface area contributed by atoms with Crippen molar-refractivity contribution in [1.82, 2.24) is 0 Å². The zero-order valence-corrected chi connectivity index (χ0v) is 15.3. The SMILES string of the molecule is COc1cc(OC2OC(CO)C(O)C(O)C2O)c2c(O)c3c(cc2c1)COC3=O. The summed E-state index contributed by atoms with van der Waals surface area (Å²) >= 11 is 0. The van der Waals surface area contributed by atoms with E-state index >= 15 is 0 Å². The zero-order valence-electron chi connectivity index (χ0n) is 15.3. The summed E-state index contributed by atoms with van der Waals surface area (Å²) in [5, 5.41) is 50.8. The molecule has 0 spiro atoms. The zero-order chi connectivity index (χ0) is 20.9. The summed E-state index contributed by atoms with van der Waals surface area (Å²) < 4.78 is 21.3. The van der Waals surface area contributed by atoms with Gasteiger partial charge in [-0.15, -0.1) is 0 Å². The van der Waals surface area contributed by atoms with Gasteiger partial charge in [-0.25, -0.2) is 4.79 Å². The van der Waals surface area contributed by atoms with Crippen LogP contribution in [0.1, 0.15) is 15.9 Å². The number of hydrogen-bond acceptors (Lipinski definition) is 10. The highest BCUT2D eigenvalue weighted by Crippen LogP contribution is 2.43. The average Bonchev–Trinajstić information content (AvgIpc) is 3.08. The van der Waals surface area contributed by atoms with Gasteiger partial charge in [-0.3, -0.25) is 0 Å². The Balaban J connectivity index is 1.80. The molecule has 2 aliphatic heterocycles. The Bertz CT molecular complexity index is 956. The summed E-state index contributed by atoms with van der Waals surface area (Å²) in [5.74, 6) is -0.665. The molecule has 0 saturated carbocycles. The number of carbonyl (C=O) groups is 1. The Morgan fingerprint density at radius 1 is 1.14 bits per heavy atom. The minimum absolute atomic E-state index is 0.00341. The van der Waals surface area contributed by atoms with Crippen LogP contribution in [0, 0.1) is 0 Å². The standard InChI is InChI=1S/C19H20O10/c1-26-9-3-7-2-8-6-27-18(25)13(8)15(22)12(7)10(4-9)28-19-17(24)16(23)14(21)11(5-20)29-19/h2-4,11,14,16-17,19-24H,5-6H2,1H3. The number of fused-ring (bicyclic) bond motifs is 2. The van der Waals surface area contributed by atoms with E-state index in [1.807, 2.05) is 0 Å². The fraction of sp³-hybridized carbons (Fsp3) is 0.421. The molecular weight excluding hydrogens is 388 g/mol. The van der Waals surface area contributed by atoms with Crippen molar-refractivity contribution in [2.75, 3.05) is 13.7 Å². The fourth-order valence-electron chi connectivity index (χ4n) is 3.57. The van der Waals surface area contributed by atoms with Gasteiger partial charge in [0.1, 0.15) is 53.8 Å². The second-order valence-corrected chi connectivity index (χ2v) is 6.87. The van der Waals surface area contributed by atoms with Gasteiger partial charge in [0.25, 0.3) is 0 Å². The molecule has 0 aliphatic carbocycles. The predicted molar refractivity (Wildman–Crippen MR) is 95.7 cm³/mol. The third-order valence-corrected chi connectivity index (χ3v) is 5.12. The van der Waals surface area contributed by atoms with Crippen LogP contribution in [0.4, 0.5) is 0 Å². The van der Waals surface area contributed by atoms with Crippen molar-refractivity contribution in [1.29, 1.82) is 0 Å². The predicted octanol–water partition coefficient (Wildman–Crippen LogP) is -0.597. The van der Waals surface area contributed by atoms with E-state index in [1.54, 1.807) is 12.1 Å². The quantitative estimate of drug-likeness (QED) is 0.414. The molecule has 5 atom stereocenters. The Morgan fingerprint density at radius 2 is 1.90 bits per heavy atom. The second-order valence-electron chi connectivity index (χ2n) is 6.87. The van der Waals surface area contributed by atoms with E-state index in [0.29, 0.717) is 16.7 Å². The number of rotatable bonds is 4. The Hall–Kier alpha value is -2.63. The van der Waals surface area contributed by atoms with Crippen LogP contribution in [0.15, 0.2) is 18.2 Å². The van der Waals surface area contributed by atoms with E-state index in [9.17, 15) is 30.3 Å². The lowest BCUT2D eigenvalue weighted by Crippen LogP contribution is -2.60. The van der Waals surface area contributed by atoms with E-state index in [4.69, 9.17) is 18.9 Å². The normalized spacial score (nSPS) is 28.9. The van der Waals surface area contributed by atoms with Crippen molar-refractivity contribution in [3.63, 3.8) is 0 Å². The summed E-state index contributed by atoms with van der Waals surface area (Å²) in [6.45, 7) is -0.591. The third kappa shape index (κ3) is 3.15. The number of benzene rings is 2. The molecule has 0 bridgehead atoms. The first-order valence-electron chi connectivity index (χ1n) is 8.86.